The van der Waals surface area contributed by atoms with E-state index in [9.17, 15) is 14.3 Å². The number of anilines is 1. The zero-order valence-corrected chi connectivity index (χ0v) is 20.0. The predicted octanol–water partition coefficient (Wildman–Crippen LogP) is 3.24. The van der Waals surface area contributed by atoms with Gasteiger partial charge in [0.25, 0.3) is 0 Å². The Morgan fingerprint density at radius 1 is 1.24 bits per heavy atom. The molecule has 178 valence electrons. The molecule has 0 bridgehead atoms. The van der Waals surface area contributed by atoms with Gasteiger partial charge in [-0.25, -0.2) is 14.4 Å². The number of nitrogens with zero attached hydrogens (tertiary/aromatic N) is 4. The predicted molar refractivity (Wildman–Crippen MR) is 126 cm³/mol. The van der Waals surface area contributed by atoms with Crippen LogP contribution in [0, 0.1) is 5.82 Å². The lowest BCUT2D eigenvalue weighted by molar-refractivity contribution is -0.111. The standard InChI is InChI=1S/C24H31ClFN5O2/c1-14(2)29-23(18(12-32)17-5-4-16(25)11-19(17)26)30-6-8-31(9-7-30)24-21-15(3)10-20(33)22(21)27-13-28-24/h4-5,11-15,18,20,23,29,33H,6-10H2,1-3H3/t15-,18?,20-,23?/m1/s1. The summed E-state index contributed by atoms with van der Waals surface area (Å²) in [5.41, 5.74) is 2.10. The molecule has 1 fully saturated rings. The van der Waals surface area contributed by atoms with Gasteiger partial charge in [-0.15, -0.1) is 0 Å². The van der Waals surface area contributed by atoms with Crippen molar-refractivity contribution in [1.82, 2.24) is 20.2 Å². The lowest BCUT2D eigenvalue weighted by atomic mass is 9.94. The molecule has 4 rings (SSSR count). The highest BCUT2D eigenvalue weighted by molar-refractivity contribution is 6.30. The molecule has 4 atom stereocenters. The van der Waals surface area contributed by atoms with Crippen LogP contribution in [0.15, 0.2) is 24.5 Å². The molecule has 0 radical (unpaired) electrons. The summed E-state index contributed by atoms with van der Waals surface area (Å²) in [5, 5.41) is 14.1. The quantitative estimate of drug-likeness (QED) is 0.595. The molecule has 2 N–H and O–H groups in total. The van der Waals surface area contributed by atoms with Crippen molar-refractivity contribution in [2.75, 3.05) is 31.1 Å². The number of aliphatic hydroxyl groups is 1. The first-order chi connectivity index (χ1) is 15.8. The van der Waals surface area contributed by atoms with Crippen LogP contribution in [0.2, 0.25) is 5.02 Å². The van der Waals surface area contributed by atoms with Crippen molar-refractivity contribution < 1.29 is 14.3 Å². The smallest absolute Gasteiger partial charge is 0.135 e. The van der Waals surface area contributed by atoms with Gasteiger partial charge in [-0.1, -0.05) is 24.6 Å². The van der Waals surface area contributed by atoms with Crippen LogP contribution in [0.3, 0.4) is 0 Å². The minimum atomic E-state index is -0.672. The third kappa shape index (κ3) is 4.89. The maximum atomic E-state index is 14.7. The second kappa shape index (κ2) is 10.0. The van der Waals surface area contributed by atoms with Crippen LogP contribution >= 0.6 is 11.6 Å². The van der Waals surface area contributed by atoms with Crippen molar-refractivity contribution in [2.45, 2.75) is 57.3 Å². The van der Waals surface area contributed by atoms with Crippen LogP contribution in [0.5, 0.6) is 0 Å². The van der Waals surface area contributed by atoms with Gasteiger partial charge < -0.3 is 14.8 Å². The largest absolute Gasteiger partial charge is 0.387 e. The number of rotatable bonds is 7. The van der Waals surface area contributed by atoms with Crippen molar-refractivity contribution in [2.24, 2.45) is 0 Å². The number of benzene rings is 1. The van der Waals surface area contributed by atoms with E-state index in [1.807, 2.05) is 13.8 Å². The van der Waals surface area contributed by atoms with Gasteiger partial charge in [0.05, 0.1) is 23.9 Å². The number of hydrogen-bond acceptors (Lipinski definition) is 7. The molecule has 9 heteroatoms. The number of carbonyl (C=O) groups is 1. The average molecular weight is 476 g/mol. The third-order valence-electron chi connectivity index (χ3n) is 6.60. The Morgan fingerprint density at radius 3 is 2.61 bits per heavy atom. The van der Waals surface area contributed by atoms with Gasteiger partial charge >= 0.3 is 0 Å². The summed E-state index contributed by atoms with van der Waals surface area (Å²) in [5.74, 6) is -0.0627. The fraction of sp³-hybridized carbons (Fsp3) is 0.542. The summed E-state index contributed by atoms with van der Waals surface area (Å²) in [7, 11) is 0. The first-order valence-electron chi connectivity index (χ1n) is 11.5. The Balaban J connectivity index is 1.55. The Kier molecular flexibility index (Phi) is 7.28. The Morgan fingerprint density at radius 2 is 1.97 bits per heavy atom. The van der Waals surface area contributed by atoms with Crippen LogP contribution < -0.4 is 10.2 Å². The van der Waals surface area contributed by atoms with Gasteiger partial charge in [0, 0.05) is 48.4 Å². The molecule has 33 heavy (non-hydrogen) atoms. The molecule has 2 aromatic rings. The number of halogens is 2. The topological polar surface area (TPSA) is 81.6 Å². The van der Waals surface area contributed by atoms with E-state index in [0.717, 1.165) is 23.4 Å². The van der Waals surface area contributed by atoms with E-state index < -0.39 is 17.8 Å². The summed E-state index contributed by atoms with van der Waals surface area (Å²) >= 11 is 5.93. The minimum absolute atomic E-state index is 0.110. The molecule has 7 nitrogen and oxygen atoms in total. The van der Waals surface area contributed by atoms with Gasteiger partial charge in [-0.05, 0) is 38.3 Å². The molecule has 1 saturated heterocycles. The lowest BCUT2D eigenvalue weighted by Gasteiger charge is -2.43. The van der Waals surface area contributed by atoms with E-state index in [1.54, 1.807) is 12.1 Å². The summed E-state index contributed by atoms with van der Waals surface area (Å²) in [6, 6.07) is 4.58. The molecule has 0 spiro atoms. The Hall–Kier alpha value is -2.13. The van der Waals surface area contributed by atoms with Crippen molar-refractivity contribution in [3.05, 3.63) is 52.2 Å². The molecule has 1 aromatic carbocycles. The highest BCUT2D eigenvalue weighted by atomic mass is 35.5. The molecular weight excluding hydrogens is 445 g/mol. The van der Waals surface area contributed by atoms with Crippen LogP contribution in [0.4, 0.5) is 10.2 Å². The number of fused-ring (bicyclic) bond motifs is 1. The zero-order valence-electron chi connectivity index (χ0n) is 19.2. The number of carbonyl (C=O) groups excluding carboxylic acids is 1. The third-order valence-corrected chi connectivity index (χ3v) is 6.83. The number of aldehydes is 1. The Bertz CT molecular complexity index is 999. The van der Waals surface area contributed by atoms with E-state index in [2.05, 4.69) is 32.0 Å². The molecule has 1 aromatic heterocycles. The van der Waals surface area contributed by atoms with Crippen LogP contribution in [0.1, 0.15) is 62.0 Å². The van der Waals surface area contributed by atoms with Crippen molar-refractivity contribution in [3.63, 3.8) is 0 Å². The molecule has 0 saturated carbocycles. The van der Waals surface area contributed by atoms with E-state index in [4.69, 9.17) is 11.6 Å². The molecule has 1 aliphatic carbocycles. The Labute approximate surface area is 199 Å². The van der Waals surface area contributed by atoms with Crippen LogP contribution in [-0.4, -0.2) is 64.6 Å². The molecule has 1 aliphatic heterocycles. The van der Waals surface area contributed by atoms with E-state index >= 15 is 0 Å². The van der Waals surface area contributed by atoms with Gasteiger partial charge in [0.2, 0.25) is 0 Å². The fourth-order valence-corrected chi connectivity index (χ4v) is 5.19. The monoisotopic (exact) mass is 475 g/mol. The molecule has 2 heterocycles. The number of aliphatic hydroxyl groups excluding tert-OH is 1. The maximum Gasteiger partial charge on any atom is 0.135 e. The number of piperazine rings is 1. The molecule has 2 unspecified atom stereocenters. The number of aromatic nitrogens is 2. The number of hydrogen-bond donors (Lipinski definition) is 2. The van der Waals surface area contributed by atoms with E-state index in [-0.39, 0.29) is 18.1 Å². The first-order valence-corrected chi connectivity index (χ1v) is 11.9. The number of nitrogens with one attached hydrogen (secondary N) is 1. The normalized spacial score (nSPS) is 22.9. The van der Waals surface area contributed by atoms with Gasteiger partial charge in [0.1, 0.15) is 24.2 Å². The highest BCUT2D eigenvalue weighted by Gasteiger charge is 2.36. The highest BCUT2D eigenvalue weighted by Crippen LogP contribution is 2.42. The van der Waals surface area contributed by atoms with Crippen molar-refractivity contribution in [1.29, 1.82) is 0 Å². The zero-order chi connectivity index (χ0) is 23.7. The van der Waals surface area contributed by atoms with Gasteiger partial charge in [0.15, 0.2) is 0 Å². The van der Waals surface area contributed by atoms with Gasteiger partial charge in [-0.3, -0.25) is 10.2 Å². The van der Waals surface area contributed by atoms with Crippen LogP contribution in [0.25, 0.3) is 0 Å². The summed E-state index contributed by atoms with van der Waals surface area (Å²) in [6.45, 7) is 8.89. The summed E-state index contributed by atoms with van der Waals surface area (Å²) in [4.78, 5) is 25.4. The van der Waals surface area contributed by atoms with E-state index in [0.29, 0.717) is 43.2 Å². The van der Waals surface area contributed by atoms with Gasteiger partial charge in [-0.2, -0.15) is 0 Å². The molecule has 0 amide bonds. The second-order valence-corrected chi connectivity index (χ2v) is 9.70. The molecular formula is C24H31ClFN5O2. The SMILES string of the molecule is CC(C)NC(C(C=O)c1ccc(Cl)cc1F)N1CCN(c2ncnc3c2[C@H](C)C[C@H]3O)CC1. The fourth-order valence-electron chi connectivity index (χ4n) is 5.03. The minimum Gasteiger partial charge on any atom is -0.387 e. The maximum absolute atomic E-state index is 14.7. The second-order valence-electron chi connectivity index (χ2n) is 9.27. The lowest BCUT2D eigenvalue weighted by Crippen LogP contribution is -2.58. The van der Waals surface area contributed by atoms with Crippen molar-refractivity contribution >= 4 is 23.7 Å². The molecule has 2 aliphatic rings. The first kappa shape index (κ1) is 24.0. The summed E-state index contributed by atoms with van der Waals surface area (Å²) in [6.07, 6.45) is 2.11. The van der Waals surface area contributed by atoms with Crippen LogP contribution in [-0.2, 0) is 4.79 Å². The van der Waals surface area contributed by atoms with Crippen molar-refractivity contribution in [3.8, 4) is 0 Å². The van der Waals surface area contributed by atoms with E-state index in [1.165, 1.54) is 12.4 Å². The average Bonchev–Trinajstić information content (AvgIpc) is 3.08. The summed E-state index contributed by atoms with van der Waals surface area (Å²) < 4.78 is 14.7.